The molecule has 116 valence electrons. The van der Waals surface area contributed by atoms with Crippen molar-refractivity contribution in [3.05, 3.63) is 53.6 Å². The summed E-state index contributed by atoms with van der Waals surface area (Å²) in [6, 6.07) is 14.1. The fraction of sp³-hybridized carbons (Fsp3) is 0.333. The number of fused-ring (bicyclic) bond motifs is 1. The Balaban J connectivity index is 1.80. The summed E-state index contributed by atoms with van der Waals surface area (Å²) in [5.74, 6) is 2.65. The molecule has 0 bridgehead atoms. The fourth-order valence-electron chi connectivity index (χ4n) is 2.69. The minimum absolute atomic E-state index is 0.0891. The SMILES string of the molecule is CN(C)Cc1ccccc1Oc1ccc2c(c1)C[C@H](CN)O2. The van der Waals surface area contributed by atoms with E-state index in [1.165, 1.54) is 5.56 Å². The third-order valence-corrected chi connectivity index (χ3v) is 3.72. The first-order chi connectivity index (χ1) is 10.7. The number of rotatable bonds is 5. The molecule has 2 aromatic rings. The summed E-state index contributed by atoms with van der Waals surface area (Å²) in [6.45, 7) is 1.38. The molecule has 2 N–H and O–H groups in total. The van der Waals surface area contributed by atoms with E-state index in [1.807, 2.05) is 30.3 Å². The molecular weight excluding hydrogens is 276 g/mol. The number of hydrogen-bond donors (Lipinski definition) is 1. The van der Waals surface area contributed by atoms with E-state index in [1.54, 1.807) is 0 Å². The average Bonchev–Trinajstić information content (AvgIpc) is 2.91. The van der Waals surface area contributed by atoms with E-state index in [0.29, 0.717) is 6.54 Å². The molecule has 1 atom stereocenters. The second-order valence-electron chi connectivity index (χ2n) is 5.90. The van der Waals surface area contributed by atoms with Gasteiger partial charge in [0.1, 0.15) is 23.4 Å². The van der Waals surface area contributed by atoms with Crippen LogP contribution in [0.25, 0.3) is 0 Å². The molecule has 4 heteroatoms. The van der Waals surface area contributed by atoms with Gasteiger partial charge < -0.3 is 20.1 Å². The van der Waals surface area contributed by atoms with Gasteiger partial charge in [0.15, 0.2) is 0 Å². The van der Waals surface area contributed by atoms with Gasteiger partial charge in [-0.2, -0.15) is 0 Å². The molecule has 0 saturated carbocycles. The van der Waals surface area contributed by atoms with E-state index < -0.39 is 0 Å². The van der Waals surface area contributed by atoms with Crippen molar-refractivity contribution in [1.82, 2.24) is 4.90 Å². The molecule has 0 fully saturated rings. The number of ether oxygens (including phenoxy) is 2. The molecule has 4 nitrogen and oxygen atoms in total. The summed E-state index contributed by atoms with van der Waals surface area (Å²) in [4.78, 5) is 2.13. The first-order valence-corrected chi connectivity index (χ1v) is 7.56. The largest absolute Gasteiger partial charge is 0.488 e. The predicted molar refractivity (Wildman–Crippen MR) is 87.5 cm³/mol. The molecule has 3 rings (SSSR count). The number of para-hydroxylation sites is 1. The van der Waals surface area contributed by atoms with Crippen LogP contribution in [0.1, 0.15) is 11.1 Å². The lowest BCUT2D eigenvalue weighted by Crippen LogP contribution is -2.24. The Morgan fingerprint density at radius 2 is 2.05 bits per heavy atom. The van der Waals surface area contributed by atoms with E-state index in [4.69, 9.17) is 15.2 Å². The number of nitrogens with two attached hydrogens (primary N) is 1. The summed E-state index contributed by atoms with van der Waals surface area (Å²) in [6.07, 6.45) is 0.939. The van der Waals surface area contributed by atoms with Crippen molar-refractivity contribution >= 4 is 0 Å². The van der Waals surface area contributed by atoms with Gasteiger partial charge >= 0.3 is 0 Å². The molecule has 0 radical (unpaired) electrons. The van der Waals surface area contributed by atoms with E-state index in [0.717, 1.165) is 35.8 Å². The lowest BCUT2D eigenvalue weighted by molar-refractivity contribution is 0.241. The highest BCUT2D eigenvalue weighted by Crippen LogP contribution is 2.34. The number of benzene rings is 2. The first kappa shape index (κ1) is 14.9. The lowest BCUT2D eigenvalue weighted by Gasteiger charge is -2.15. The lowest BCUT2D eigenvalue weighted by atomic mass is 10.1. The zero-order chi connectivity index (χ0) is 15.5. The third kappa shape index (κ3) is 3.24. The summed E-state index contributed by atoms with van der Waals surface area (Å²) in [7, 11) is 4.10. The van der Waals surface area contributed by atoms with Crippen molar-refractivity contribution < 1.29 is 9.47 Å². The molecule has 0 amide bonds. The van der Waals surface area contributed by atoms with Crippen molar-refractivity contribution in [1.29, 1.82) is 0 Å². The number of nitrogens with zero attached hydrogens (tertiary/aromatic N) is 1. The summed E-state index contributed by atoms with van der Waals surface area (Å²) in [5.41, 5.74) is 8.02. The van der Waals surface area contributed by atoms with Crippen LogP contribution in [0.5, 0.6) is 17.2 Å². The quantitative estimate of drug-likeness (QED) is 0.922. The van der Waals surface area contributed by atoms with Crippen LogP contribution < -0.4 is 15.2 Å². The molecule has 1 aliphatic heterocycles. The Morgan fingerprint density at radius 3 is 2.82 bits per heavy atom. The zero-order valence-corrected chi connectivity index (χ0v) is 13.1. The van der Waals surface area contributed by atoms with Crippen LogP contribution in [0.4, 0.5) is 0 Å². The highest BCUT2D eigenvalue weighted by molar-refractivity contribution is 5.45. The van der Waals surface area contributed by atoms with Crippen molar-refractivity contribution in [2.45, 2.75) is 19.1 Å². The van der Waals surface area contributed by atoms with E-state index >= 15 is 0 Å². The third-order valence-electron chi connectivity index (χ3n) is 3.72. The Labute approximate surface area is 131 Å². The topological polar surface area (TPSA) is 47.7 Å². The van der Waals surface area contributed by atoms with Gasteiger partial charge in [-0.25, -0.2) is 0 Å². The van der Waals surface area contributed by atoms with Gasteiger partial charge in [-0.05, 0) is 38.4 Å². The Kier molecular flexibility index (Phi) is 4.32. The van der Waals surface area contributed by atoms with Gasteiger partial charge in [0.05, 0.1) is 0 Å². The van der Waals surface area contributed by atoms with Crippen LogP contribution in [-0.4, -0.2) is 31.6 Å². The molecule has 0 spiro atoms. The molecule has 0 saturated heterocycles. The van der Waals surface area contributed by atoms with Crippen molar-refractivity contribution in [2.24, 2.45) is 5.73 Å². The van der Waals surface area contributed by atoms with Gasteiger partial charge in [0.2, 0.25) is 0 Å². The van der Waals surface area contributed by atoms with Gasteiger partial charge in [-0.1, -0.05) is 18.2 Å². The maximum Gasteiger partial charge on any atom is 0.131 e. The average molecular weight is 298 g/mol. The predicted octanol–water partition coefficient (Wildman–Crippen LogP) is 2.80. The maximum atomic E-state index is 6.09. The first-order valence-electron chi connectivity index (χ1n) is 7.56. The summed E-state index contributed by atoms with van der Waals surface area (Å²) < 4.78 is 11.8. The smallest absolute Gasteiger partial charge is 0.131 e. The molecule has 0 unspecified atom stereocenters. The Morgan fingerprint density at radius 1 is 1.23 bits per heavy atom. The minimum Gasteiger partial charge on any atom is -0.488 e. The van der Waals surface area contributed by atoms with Crippen LogP contribution in [0.3, 0.4) is 0 Å². The van der Waals surface area contributed by atoms with Crippen LogP contribution >= 0.6 is 0 Å². The highest BCUT2D eigenvalue weighted by atomic mass is 16.5. The van der Waals surface area contributed by atoms with Gasteiger partial charge in [0, 0.05) is 30.6 Å². The van der Waals surface area contributed by atoms with E-state index in [-0.39, 0.29) is 6.10 Å². The molecule has 22 heavy (non-hydrogen) atoms. The minimum atomic E-state index is 0.0891. The molecule has 1 heterocycles. The number of hydrogen-bond acceptors (Lipinski definition) is 4. The molecule has 0 aliphatic carbocycles. The van der Waals surface area contributed by atoms with Gasteiger partial charge in [-0.3, -0.25) is 0 Å². The van der Waals surface area contributed by atoms with Crippen molar-refractivity contribution in [2.75, 3.05) is 20.6 Å². The Bertz CT molecular complexity index is 655. The molecule has 2 aromatic carbocycles. The summed E-state index contributed by atoms with van der Waals surface area (Å²) in [5, 5.41) is 0. The van der Waals surface area contributed by atoms with E-state index in [9.17, 15) is 0 Å². The van der Waals surface area contributed by atoms with Crippen LogP contribution in [-0.2, 0) is 13.0 Å². The van der Waals surface area contributed by atoms with Crippen LogP contribution in [0, 0.1) is 0 Å². The van der Waals surface area contributed by atoms with Crippen LogP contribution in [0.2, 0.25) is 0 Å². The second kappa shape index (κ2) is 6.38. The monoisotopic (exact) mass is 298 g/mol. The maximum absolute atomic E-state index is 6.09. The Hall–Kier alpha value is -2.04. The van der Waals surface area contributed by atoms with Gasteiger partial charge in [0.25, 0.3) is 0 Å². The van der Waals surface area contributed by atoms with Gasteiger partial charge in [-0.15, -0.1) is 0 Å². The molecule has 1 aliphatic rings. The fourth-order valence-corrected chi connectivity index (χ4v) is 2.69. The normalized spacial score (nSPS) is 16.5. The summed E-state index contributed by atoms with van der Waals surface area (Å²) >= 11 is 0. The highest BCUT2D eigenvalue weighted by Gasteiger charge is 2.22. The standard InChI is InChI=1S/C18H22N2O2/c1-20(2)12-13-5-3-4-6-17(13)21-15-7-8-18-14(9-15)10-16(11-19)22-18/h3-9,16H,10-12,19H2,1-2H3/t16-/m1/s1. The van der Waals surface area contributed by atoms with E-state index in [2.05, 4.69) is 31.1 Å². The zero-order valence-electron chi connectivity index (χ0n) is 13.1. The molecule has 0 aromatic heterocycles. The second-order valence-corrected chi connectivity index (χ2v) is 5.90. The van der Waals surface area contributed by atoms with Crippen LogP contribution in [0.15, 0.2) is 42.5 Å². The van der Waals surface area contributed by atoms with Crippen molar-refractivity contribution in [3.8, 4) is 17.2 Å². The van der Waals surface area contributed by atoms with Crippen molar-refractivity contribution in [3.63, 3.8) is 0 Å². The molecular formula is C18H22N2O2.